The molecular weight excluding hydrogens is 476 g/mol. The Hall–Kier alpha value is -3.49. The molecule has 9 heteroatoms. The topological polar surface area (TPSA) is 73.3 Å². The number of oxazole rings is 1. The number of hydrogen-bond donors (Lipinski definition) is 1. The summed E-state index contributed by atoms with van der Waals surface area (Å²) in [6.07, 6.45) is 10.5. The van der Waals surface area contributed by atoms with E-state index in [2.05, 4.69) is 9.97 Å². The van der Waals surface area contributed by atoms with Gasteiger partial charge in [-0.3, -0.25) is 0 Å². The van der Waals surface area contributed by atoms with Gasteiger partial charge in [-0.25, -0.2) is 18.7 Å². The number of halogens is 3. The Morgan fingerprint density at radius 2 is 2.00 bits per heavy atom. The molecule has 0 unspecified atom stereocenters. The van der Waals surface area contributed by atoms with Crippen LogP contribution in [0.5, 0.6) is 5.75 Å². The van der Waals surface area contributed by atoms with Gasteiger partial charge in [0.25, 0.3) is 0 Å². The van der Waals surface area contributed by atoms with Gasteiger partial charge in [0.15, 0.2) is 0 Å². The molecule has 4 aromatic rings. The highest BCUT2D eigenvalue weighted by Crippen LogP contribution is 2.21. The first-order chi connectivity index (χ1) is 17.0. The van der Waals surface area contributed by atoms with Crippen LogP contribution in [0, 0.1) is 11.6 Å². The summed E-state index contributed by atoms with van der Waals surface area (Å²) in [6.45, 7) is 0.746. The Kier molecular flexibility index (Phi) is 8.28. The molecule has 0 radical (unpaired) electrons. The van der Waals surface area contributed by atoms with Crippen molar-refractivity contribution < 1.29 is 23.0 Å². The average molecular weight is 500 g/mol. The highest BCUT2D eigenvalue weighted by molar-refractivity contribution is 6.32. The van der Waals surface area contributed by atoms with Gasteiger partial charge in [-0.1, -0.05) is 23.7 Å². The van der Waals surface area contributed by atoms with Crippen LogP contribution >= 0.6 is 11.6 Å². The van der Waals surface area contributed by atoms with E-state index < -0.39 is 5.82 Å². The number of benzene rings is 2. The number of aromatic nitrogens is 3. The first-order valence-corrected chi connectivity index (χ1v) is 11.5. The SMILES string of the molecule is OCc1nccn1CCCCc1ccc(OCc2coc(/C=C/c3ccc(F)cc3Cl)n2)cc1F. The van der Waals surface area contributed by atoms with Gasteiger partial charge >= 0.3 is 0 Å². The van der Waals surface area contributed by atoms with Gasteiger partial charge < -0.3 is 18.8 Å². The zero-order valence-corrected chi connectivity index (χ0v) is 19.6. The largest absolute Gasteiger partial charge is 0.487 e. The number of rotatable bonds is 11. The highest BCUT2D eigenvalue weighted by Gasteiger charge is 2.08. The van der Waals surface area contributed by atoms with Crippen LogP contribution in [0.25, 0.3) is 12.2 Å². The zero-order chi connectivity index (χ0) is 24.6. The summed E-state index contributed by atoms with van der Waals surface area (Å²) in [6, 6.07) is 8.94. The quantitative estimate of drug-likeness (QED) is 0.254. The number of imidazole rings is 1. The van der Waals surface area contributed by atoms with Crippen LogP contribution in [-0.2, 0) is 26.2 Å². The van der Waals surface area contributed by atoms with Crippen LogP contribution in [0.15, 0.2) is 59.5 Å². The number of hydrogen-bond acceptors (Lipinski definition) is 5. The maximum atomic E-state index is 14.5. The molecule has 0 spiro atoms. The zero-order valence-electron chi connectivity index (χ0n) is 18.8. The predicted octanol–water partition coefficient (Wildman–Crippen LogP) is 6.07. The van der Waals surface area contributed by atoms with Crippen molar-refractivity contribution in [3.8, 4) is 5.75 Å². The molecule has 182 valence electrons. The number of aliphatic hydroxyl groups excluding tert-OH is 1. The normalized spacial score (nSPS) is 11.4. The summed E-state index contributed by atoms with van der Waals surface area (Å²) in [5, 5.41) is 9.52. The Morgan fingerprint density at radius 3 is 2.80 bits per heavy atom. The second-order valence-corrected chi connectivity index (χ2v) is 8.28. The molecule has 0 aliphatic rings. The van der Waals surface area contributed by atoms with E-state index in [9.17, 15) is 13.9 Å². The maximum absolute atomic E-state index is 14.5. The third-order valence-electron chi connectivity index (χ3n) is 5.39. The van der Waals surface area contributed by atoms with Gasteiger partial charge in [-0.05, 0) is 54.7 Å². The van der Waals surface area contributed by atoms with E-state index in [4.69, 9.17) is 20.8 Å². The minimum absolute atomic E-state index is 0.0969. The molecule has 6 nitrogen and oxygen atoms in total. The van der Waals surface area contributed by atoms with Gasteiger partial charge in [0, 0.05) is 31.1 Å². The fraction of sp³-hybridized carbons (Fsp3) is 0.231. The maximum Gasteiger partial charge on any atom is 0.218 e. The van der Waals surface area contributed by atoms with Crippen molar-refractivity contribution in [1.29, 1.82) is 0 Å². The molecular formula is C26H24ClF2N3O3. The number of unbranched alkanes of at least 4 members (excludes halogenated alkanes) is 1. The van der Waals surface area contributed by atoms with Crippen molar-refractivity contribution in [2.45, 2.75) is 39.0 Å². The lowest BCUT2D eigenvalue weighted by Gasteiger charge is -2.08. The van der Waals surface area contributed by atoms with E-state index in [1.54, 1.807) is 36.5 Å². The van der Waals surface area contributed by atoms with Crippen molar-refractivity contribution in [1.82, 2.24) is 14.5 Å². The lowest BCUT2D eigenvalue weighted by atomic mass is 10.1. The van der Waals surface area contributed by atoms with E-state index in [0.29, 0.717) is 40.7 Å². The van der Waals surface area contributed by atoms with Gasteiger partial charge in [0.05, 0.1) is 5.02 Å². The van der Waals surface area contributed by atoms with Crippen LogP contribution in [0.3, 0.4) is 0 Å². The first kappa shape index (κ1) is 24.6. The minimum atomic E-state index is -0.407. The smallest absolute Gasteiger partial charge is 0.218 e. The summed E-state index contributed by atoms with van der Waals surface area (Å²) in [4.78, 5) is 8.37. The van der Waals surface area contributed by atoms with Crippen molar-refractivity contribution in [2.24, 2.45) is 0 Å². The van der Waals surface area contributed by atoms with Crippen LogP contribution in [-0.4, -0.2) is 19.6 Å². The molecule has 2 aromatic heterocycles. The van der Waals surface area contributed by atoms with Crippen molar-refractivity contribution >= 4 is 23.8 Å². The molecule has 0 saturated carbocycles. The minimum Gasteiger partial charge on any atom is -0.487 e. The number of aryl methyl sites for hydroxylation is 2. The molecule has 4 rings (SSSR count). The molecule has 35 heavy (non-hydrogen) atoms. The summed E-state index contributed by atoms with van der Waals surface area (Å²) in [5.74, 6) is 0.643. The van der Waals surface area contributed by atoms with E-state index >= 15 is 0 Å². The Bertz CT molecular complexity index is 1300. The van der Waals surface area contributed by atoms with Crippen LogP contribution in [0.2, 0.25) is 5.02 Å². The summed E-state index contributed by atoms with van der Waals surface area (Å²) < 4.78 is 40.6. The van der Waals surface area contributed by atoms with Gasteiger partial charge in [-0.15, -0.1) is 0 Å². The second-order valence-electron chi connectivity index (χ2n) is 7.87. The molecule has 0 bridgehead atoms. The van der Waals surface area contributed by atoms with E-state index in [1.807, 2.05) is 10.8 Å². The summed E-state index contributed by atoms with van der Waals surface area (Å²) in [7, 11) is 0. The first-order valence-electron chi connectivity index (χ1n) is 11.1. The summed E-state index contributed by atoms with van der Waals surface area (Å²) in [5.41, 5.74) is 1.80. The molecule has 0 atom stereocenters. The third kappa shape index (κ3) is 6.77. The third-order valence-corrected chi connectivity index (χ3v) is 5.71. The van der Waals surface area contributed by atoms with E-state index in [0.717, 1.165) is 19.4 Å². The number of nitrogens with zero attached hydrogens (tertiary/aromatic N) is 3. The van der Waals surface area contributed by atoms with Gasteiger partial charge in [-0.2, -0.15) is 0 Å². The lowest BCUT2D eigenvalue weighted by Crippen LogP contribution is -2.03. The molecule has 0 saturated heterocycles. The van der Waals surface area contributed by atoms with Gasteiger partial charge in [0.2, 0.25) is 5.89 Å². The molecule has 0 fully saturated rings. The molecule has 0 aliphatic heterocycles. The van der Waals surface area contributed by atoms with Gasteiger partial charge in [0.1, 0.15) is 48.4 Å². The molecule has 0 aliphatic carbocycles. The number of aliphatic hydroxyl groups is 1. The average Bonchev–Trinajstić information content (AvgIpc) is 3.50. The van der Waals surface area contributed by atoms with Crippen molar-refractivity contribution in [2.75, 3.05) is 0 Å². The highest BCUT2D eigenvalue weighted by atomic mass is 35.5. The molecule has 0 amide bonds. The van der Waals surface area contributed by atoms with Crippen LogP contribution < -0.4 is 4.74 Å². The summed E-state index contributed by atoms with van der Waals surface area (Å²) >= 11 is 6.01. The fourth-order valence-electron chi connectivity index (χ4n) is 3.53. The Balaban J connectivity index is 1.25. The standard InChI is InChI=1S/C26H24ClF2N3O3/c27-23-13-20(28)7-4-18(23)6-9-26-31-21(17-35-26)16-34-22-8-5-19(24(29)14-22)3-1-2-11-32-12-10-30-25(32)15-33/h4-10,12-14,17,33H,1-3,11,15-16H2/b9-6+. The fourth-order valence-corrected chi connectivity index (χ4v) is 3.76. The Labute approximate surface area is 206 Å². The van der Waals surface area contributed by atoms with Crippen LogP contribution in [0.4, 0.5) is 8.78 Å². The Morgan fingerprint density at radius 1 is 1.11 bits per heavy atom. The van der Waals surface area contributed by atoms with Crippen LogP contribution in [0.1, 0.15) is 41.4 Å². The second kappa shape index (κ2) is 11.8. The van der Waals surface area contributed by atoms with E-state index in [1.165, 1.54) is 24.5 Å². The molecule has 1 N–H and O–H groups in total. The molecule has 2 aromatic carbocycles. The molecule has 2 heterocycles. The van der Waals surface area contributed by atoms with Crippen molar-refractivity contribution in [3.05, 3.63) is 100 Å². The van der Waals surface area contributed by atoms with E-state index in [-0.39, 0.29) is 24.1 Å². The predicted molar refractivity (Wildman–Crippen MR) is 129 cm³/mol. The monoisotopic (exact) mass is 499 g/mol. The van der Waals surface area contributed by atoms with Crippen molar-refractivity contribution in [3.63, 3.8) is 0 Å². The number of ether oxygens (including phenoxy) is 1. The lowest BCUT2D eigenvalue weighted by molar-refractivity contribution is 0.264.